The number of aromatic nitrogens is 2. The Labute approximate surface area is 125 Å². The third-order valence-electron chi connectivity index (χ3n) is 3.71. The number of amides is 1. The Balaban J connectivity index is 1.86. The van der Waals surface area contributed by atoms with Crippen LogP contribution in [-0.2, 0) is 4.79 Å². The molecule has 0 radical (unpaired) electrons. The number of halogens is 1. The van der Waals surface area contributed by atoms with E-state index in [1.54, 1.807) is 18.2 Å². The van der Waals surface area contributed by atoms with E-state index < -0.39 is 23.7 Å². The van der Waals surface area contributed by atoms with Crippen LogP contribution in [0.3, 0.4) is 0 Å². The largest absolute Gasteiger partial charge is 0.480 e. The summed E-state index contributed by atoms with van der Waals surface area (Å²) in [6, 6.07) is 6.74. The number of carboxylic acids is 1. The molecule has 0 spiro atoms. The van der Waals surface area contributed by atoms with E-state index in [0.29, 0.717) is 19.4 Å². The quantitative estimate of drug-likeness (QED) is 0.936. The van der Waals surface area contributed by atoms with E-state index in [4.69, 9.17) is 5.11 Å². The van der Waals surface area contributed by atoms with Crippen molar-refractivity contribution in [2.75, 3.05) is 6.54 Å². The number of aliphatic carboxylic acids is 1. The van der Waals surface area contributed by atoms with Crippen LogP contribution in [-0.4, -0.2) is 44.3 Å². The average molecular weight is 303 g/mol. The van der Waals surface area contributed by atoms with Crippen LogP contribution in [0.1, 0.15) is 23.3 Å². The van der Waals surface area contributed by atoms with Gasteiger partial charge in [-0.15, -0.1) is 0 Å². The summed E-state index contributed by atoms with van der Waals surface area (Å²) < 4.78 is 15.0. The van der Waals surface area contributed by atoms with Gasteiger partial charge in [-0.25, -0.2) is 13.9 Å². The Hall–Kier alpha value is -2.70. The highest BCUT2D eigenvalue weighted by atomic mass is 19.1. The van der Waals surface area contributed by atoms with Gasteiger partial charge < -0.3 is 10.0 Å². The standard InChI is InChI=1S/C15H14FN3O3/c16-10-4-1-2-5-12(10)19-9-7-11(17-19)14(20)18-8-3-6-13(18)15(21)22/h1-2,4-5,7,9,13H,3,6,8H2,(H,21,22)/t13-/m0/s1. The first-order valence-electron chi connectivity index (χ1n) is 6.92. The number of carboxylic acid groups (broad SMARTS) is 1. The predicted molar refractivity (Wildman–Crippen MR) is 75.2 cm³/mol. The monoisotopic (exact) mass is 303 g/mol. The van der Waals surface area contributed by atoms with Crippen molar-refractivity contribution < 1.29 is 19.1 Å². The fourth-order valence-corrected chi connectivity index (χ4v) is 2.62. The number of para-hydroxylation sites is 1. The van der Waals surface area contributed by atoms with Gasteiger partial charge in [-0.05, 0) is 31.0 Å². The predicted octanol–water partition coefficient (Wildman–Crippen LogP) is 1.70. The van der Waals surface area contributed by atoms with Crippen molar-refractivity contribution >= 4 is 11.9 Å². The van der Waals surface area contributed by atoms with Crippen molar-refractivity contribution in [3.8, 4) is 5.69 Å². The number of hydrogen-bond donors (Lipinski definition) is 1. The van der Waals surface area contributed by atoms with E-state index in [0.717, 1.165) is 0 Å². The topological polar surface area (TPSA) is 75.4 Å². The number of benzene rings is 1. The Kier molecular flexibility index (Phi) is 3.62. The van der Waals surface area contributed by atoms with Crippen LogP contribution >= 0.6 is 0 Å². The van der Waals surface area contributed by atoms with E-state index in [2.05, 4.69) is 5.10 Å². The number of likely N-dealkylation sites (tertiary alicyclic amines) is 1. The first-order chi connectivity index (χ1) is 10.6. The molecule has 0 bridgehead atoms. The summed E-state index contributed by atoms with van der Waals surface area (Å²) in [5, 5.41) is 13.2. The van der Waals surface area contributed by atoms with Crippen LogP contribution in [0.2, 0.25) is 0 Å². The van der Waals surface area contributed by atoms with Crippen LogP contribution in [0.4, 0.5) is 4.39 Å². The minimum Gasteiger partial charge on any atom is -0.480 e. The molecule has 1 saturated heterocycles. The maximum atomic E-state index is 13.7. The fraction of sp³-hybridized carbons (Fsp3) is 0.267. The lowest BCUT2D eigenvalue weighted by molar-refractivity contribution is -0.141. The Bertz CT molecular complexity index is 728. The number of hydrogen-bond acceptors (Lipinski definition) is 3. The van der Waals surface area contributed by atoms with Crippen LogP contribution in [0.25, 0.3) is 5.69 Å². The summed E-state index contributed by atoms with van der Waals surface area (Å²) >= 11 is 0. The highest BCUT2D eigenvalue weighted by molar-refractivity contribution is 5.95. The van der Waals surface area contributed by atoms with E-state index in [9.17, 15) is 14.0 Å². The minimum atomic E-state index is -1.01. The van der Waals surface area contributed by atoms with Crippen molar-refractivity contribution in [2.45, 2.75) is 18.9 Å². The van der Waals surface area contributed by atoms with Crippen molar-refractivity contribution in [1.29, 1.82) is 0 Å². The molecule has 1 aliphatic heterocycles. The SMILES string of the molecule is O=C(O)[C@@H]1CCCN1C(=O)c1ccn(-c2ccccc2F)n1. The second-order valence-electron chi connectivity index (χ2n) is 5.09. The molecule has 2 aromatic rings. The molecule has 7 heteroatoms. The summed E-state index contributed by atoms with van der Waals surface area (Å²) in [7, 11) is 0. The molecule has 1 fully saturated rings. The summed E-state index contributed by atoms with van der Waals surface area (Å²) in [5.74, 6) is -1.91. The maximum absolute atomic E-state index is 13.7. The summed E-state index contributed by atoms with van der Waals surface area (Å²) in [6.45, 7) is 0.391. The summed E-state index contributed by atoms with van der Waals surface area (Å²) in [4.78, 5) is 24.8. The molecule has 0 unspecified atom stereocenters. The highest BCUT2D eigenvalue weighted by Gasteiger charge is 2.35. The zero-order valence-electron chi connectivity index (χ0n) is 11.6. The van der Waals surface area contributed by atoms with Gasteiger partial charge in [0.2, 0.25) is 0 Å². The Morgan fingerprint density at radius 3 is 2.77 bits per heavy atom. The molecule has 1 atom stereocenters. The normalized spacial score (nSPS) is 17.7. The second-order valence-corrected chi connectivity index (χ2v) is 5.09. The third-order valence-corrected chi connectivity index (χ3v) is 3.71. The molecule has 6 nitrogen and oxygen atoms in total. The maximum Gasteiger partial charge on any atom is 0.326 e. The molecule has 2 heterocycles. The molecular formula is C15H14FN3O3. The first kappa shape index (κ1) is 14.2. The molecule has 1 amide bonds. The fourth-order valence-electron chi connectivity index (χ4n) is 2.62. The average Bonchev–Trinajstić information content (AvgIpc) is 3.16. The molecule has 1 N–H and O–H groups in total. The molecule has 0 saturated carbocycles. The second kappa shape index (κ2) is 5.59. The van der Waals surface area contributed by atoms with Gasteiger partial charge in [0.15, 0.2) is 5.69 Å². The molecular weight excluding hydrogens is 289 g/mol. The van der Waals surface area contributed by atoms with Gasteiger partial charge in [-0.3, -0.25) is 4.79 Å². The number of carbonyl (C=O) groups is 2. The van der Waals surface area contributed by atoms with Crippen LogP contribution in [0.15, 0.2) is 36.5 Å². The number of carbonyl (C=O) groups excluding carboxylic acids is 1. The van der Waals surface area contributed by atoms with Gasteiger partial charge in [0.05, 0.1) is 0 Å². The Morgan fingerprint density at radius 2 is 2.05 bits per heavy atom. The van der Waals surface area contributed by atoms with Gasteiger partial charge in [-0.2, -0.15) is 5.10 Å². The van der Waals surface area contributed by atoms with Crippen LogP contribution in [0.5, 0.6) is 0 Å². The molecule has 1 aromatic carbocycles. The first-order valence-corrected chi connectivity index (χ1v) is 6.92. The molecule has 22 heavy (non-hydrogen) atoms. The van der Waals surface area contributed by atoms with Crippen molar-refractivity contribution in [2.24, 2.45) is 0 Å². The molecule has 0 aliphatic carbocycles. The van der Waals surface area contributed by atoms with E-state index in [1.807, 2.05) is 0 Å². The van der Waals surface area contributed by atoms with Crippen molar-refractivity contribution in [1.82, 2.24) is 14.7 Å². The zero-order chi connectivity index (χ0) is 15.7. The molecule has 114 valence electrons. The summed E-state index contributed by atoms with van der Waals surface area (Å²) in [6.07, 6.45) is 2.57. The minimum absolute atomic E-state index is 0.108. The summed E-state index contributed by atoms with van der Waals surface area (Å²) in [5.41, 5.74) is 0.342. The van der Waals surface area contributed by atoms with Crippen LogP contribution < -0.4 is 0 Å². The number of nitrogens with zero attached hydrogens (tertiary/aromatic N) is 3. The van der Waals surface area contributed by atoms with Crippen molar-refractivity contribution in [3.63, 3.8) is 0 Å². The highest BCUT2D eigenvalue weighted by Crippen LogP contribution is 2.20. The van der Waals surface area contributed by atoms with E-state index in [-0.39, 0.29) is 11.4 Å². The van der Waals surface area contributed by atoms with Gasteiger partial charge >= 0.3 is 5.97 Å². The smallest absolute Gasteiger partial charge is 0.326 e. The molecule has 3 rings (SSSR count). The van der Waals surface area contributed by atoms with E-state index in [1.165, 1.54) is 27.9 Å². The van der Waals surface area contributed by atoms with E-state index >= 15 is 0 Å². The van der Waals surface area contributed by atoms with Crippen molar-refractivity contribution in [3.05, 3.63) is 48.0 Å². The lowest BCUT2D eigenvalue weighted by Gasteiger charge is -2.20. The van der Waals surface area contributed by atoms with Gasteiger partial charge in [0, 0.05) is 12.7 Å². The van der Waals surface area contributed by atoms with Crippen LogP contribution in [0, 0.1) is 5.82 Å². The zero-order valence-corrected chi connectivity index (χ0v) is 11.6. The third kappa shape index (κ3) is 2.45. The lowest BCUT2D eigenvalue weighted by atomic mass is 10.2. The number of rotatable bonds is 3. The van der Waals surface area contributed by atoms with Gasteiger partial charge in [0.1, 0.15) is 17.5 Å². The lowest BCUT2D eigenvalue weighted by Crippen LogP contribution is -2.40. The molecule has 1 aromatic heterocycles. The van der Waals surface area contributed by atoms with Gasteiger partial charge in [-0.1, -0.05) is 12.1 Å². The molecule has 1 aliphatic rings. The van der Waals surface area contributed by atoms with Gasteiger partial charge in [0.25, 0.3) is 5.91 Å². The Morgan fingerprint density at radius 1 is 1.27 bits per heavy atom.